The maximum Gasteiger partial charge on any atom is 0.0600 e. The van der Waals surface area contributed by atoms with Gasteiger partial charge in [-0.3, -0.25) is 0 Å². The predicted molar refractivity (Wildman–Crippen MR) is 52.6 cm³/mol. The molecular weight excluding hydrogens is 196 g/mol. The molecule has 0 aliphatic carbocycles. The minimum Gasteiger partial charge on any atom is -0.138 e. The summed E-state index contributed by atoms with van der Waals surface area (Å²) in [6, 6.07) is 0. The fourth-order valence-corrected chi connectivity index (χ4v) is 8.02. The lowest BCUT2D eigenvalue weighted by Crippen LogP contribution is -1.73. The molecule has 0 aromatic carbocycles. The van der Waals surface area contributed by atoms with Crippen molar-refractivity contribution in [3.63, 3.8) is 0 Å². The zero-order chi connectivity index (χ0) is 5.66. The van der Waals surface area contributed by atoms with E-state index in [-0.39, 0.29) is 0 Å². The minimum absolute atomic E-state index is 1.25. The summed E-state index contributed by atoms with van der Waals surface area (Å²) in [7, 11) is 7.88. The molecule has 1 rings (SSSR count). The summed E-state index contributed by atoms with van der Waals surface area (Å²) >= 11 is 2.01. The topological polar surface area (TPSA) is 0 Å². The average Bonchev–Trinajstić information content (AvgIpc) is 1.62. The smallest absolute Gasteiger partial charge is 0.0600 e. The van der Waals surface area contributed by atoms with Gasteiger partial charge in [-0.15, -0.1) is 11.8 Å². The maximum atomic E-state index is 2.01. The molecule has 1 aliphatic heterocycles. The second-order valence-corrected chi connectivity index (χ2v) is 8.04. The lowest BCUT2D eigenvalue weighted by molar-refractivity contribution is 2.18. The Kier molecular flexibility index (Phi) is 5.43. The van der Waals surface area contributed by atoms with Crippen LogP contribution in [0, 0.1) is 0 Å². The van der Waals surface area contributed by atoms with Crippen molar-refractivity contribution < 1.29 is 0 Å². The summed E-state index contributed by atoms with van der Waals surface area (Å²) in [5.41, 5.74) is 0. The first kappa shape index (κ1) is 7.85. The van der Waals surface area contributed by atoms with Gasteiger partial charge in [0, 0.05) is 0 Å². The fraction of sp³-hybridized carbons (Fsp3) is 1.00. The molecule has 0 radical (unpaired) electrons. The van der Waals surface area contributed by atoms with Gasteiger partial charge in [-0.25, -0.2) is 0 Å². The van der Waals surface area contributed by atoms with Gasteiger partial charge in [0.1, 0.15) is 0 Å². The van der Waals surface area contributed by atoms with Crippen LogP contribution in [0.5, 0.6) is 0 Å². The van der Waals surface area contributed by atoms with Gasteiger partial charge in [0.2, 0.25) is 0 Å². The highest BCUT2D eigenvalue weighted by Gasteiger charge is 1.97. The standard InChI is InChI=1S/C3H6S5/c1-4-2-6-8-3-7-5-1/h1-3H2. The summed E-state index contributed by atoms with van der Waals surface area (Å²) < 4.78 is 0. The van der Waals surface area contributed by atoms with Gasteiger partial charge in [-0.1, -0.05) is 43.2 Å². The van der Waals surface area contributed by atoms with Crippen molar-refractivity contribution >= 4 is 54.9 Å². The van der Waals surface area contributed by atoms with E-state index in [1.807, 2.05) is 54.9 Å². The van der Waals surface area contributed by atoms with E-state index < -0.39 is 0 Å². The van der Waals surface area contributed by atoms with Gasteiger partial charge in [0.05, 0.1) is 15.3 Å². The van der Waals surface area contributed by atoms with E-state index in [1.54, 1.807) is 0 Å². The van der Waals surface area contributed by atoms with E-state index in [4.69, 9.17) is 0 Å². The van der Waals surface area contributed by atoms with Crippen molar-refractivity contribution in [3.8, 4) is 0 Å². The highest BCUT2D eigenvalue weighted by Crippen LogP contribution is 2.39. The van der Waals surface area contributed by atoms with Crippen molar-refractivity contribution in [2.45, 2.75) is 0 Å². The fourth-order valence-electron chi connectivity index (χ4n) is 0.258. The summed E-state index contributed by atoms with van der Waals surface area (Å²) in [5, 5.41) is 3.77. The summed E-state index contributed by atoms with van der Waals surface area (Å²) in [5.74, 6) is 0. The van der Waals surface area contributed by atoms with Crippen LogP contribution in [0.4, 0.5) is 0 Å². The molecule has 1 fully saturated rings. The first-order chi connectivity index (χ1) is 4.00. The highest BCUT2D eigenvalue weighted by molar-refractivity contribution is 8.87. The Morgan fingerprint density at radius 2 is 1.12 bits per heavy atom. The molecule has 0 aromatic heterocycles. The second-order valence-electron chi connectivity index (χ2n) is 1.03. The van der Waals surface area contributed by atoms with Crippen LogP contribution < -0.4 is 0 Å². The van der Waals surface area contributed by atoms with Crippen molar-refractivity contribution in [2.75, 3.05) is 15.3 Å². The van der Waals surface area contributed by atoms with Crippen LogP contribution in [0.2, 0.25) is 0 Å². The minimum atomic E-state index is 1.25. The predicted octanol–water partition coefficient (Wildman–Crippen LogP) is 3.37. The second kappa shape index (κ2) is 5.53. The lowest BCUT2D eigenvalue weighted by Gasteiger charge is -2.04. The molecule has 0 aromatic rings. The molecule has 1 heterocycles. The zero-order valence-electron chi connectivity index (χ0n) is 4.16. The van der Waals surface area contributed by atoms with Gasteiger partial charge >= 0.3 is 0 Å². The molecule has 0 bridgehead atoms. The molecule has 0 nitrogen and oxygen atoms in total. The maximum absolute atomic E-state index is 2.01. The number of rotatable bonds is 0. The molecular formula is C3H6S5. The van der Waals surface area contributed by atoms with Crippen LogP contribution in [0.1, 0.15) is 0 Å². The van der Waals surface area contributed by atoms with Crippen LogP contribution in [-0.4, -0.2) is 15.3 Å². The van der Waals surface area contributed by atoms with E-state index in [0.717, 1.165) is 0 Å². The lowest BCUT2D eigenvalue weighted by atomic mass is 11.9. The molecule has 0 atom stereocenters. The average molecular weight is 202 g/mol. The number of hydrogen-bond donors (Lipinski definition) is 0. The van der Waals surface area contributed by atoms with Crippen LogP contribution in [0.25, 0.3) is 0 Å². The molecule has 48 valence electrons. The largest absolute Gasteiger partial charge is 0.138 e. The zero-order valence-corrected chi connectivity index (χ0v) is 8.25. The molecule has 0 saturated carbocycles. The first-order valence-corrected chi connectivity index (χ1v) is 8.20. The van der Waals surface area contributed by atoms with E-state index in [1.165, 1.54) is 15.3 Å². The third-order valence-corrected chi connectivity index (χ3v) is 8.20. The number of thioether (sulfide) groups is 1. The molecule has 8 heavy (non-hydrogen) atoms. The van der Waals surface area contributed by atoms with Gasteiger partial charge in [-0.05, 0) is 0 Å². The molecule has 5 heteroatoms. The molecule has 1 saturated heterocycles. The van der Waals surface area contributed by atoms with Crippen molar-refractivity contribution in [1.29, 1.82) is 0 Å². The Morgan fingerprint density at radius 3 is 1.75 bits per heavy atom. The van der Waals surface area contributed by atoms with Gasteiger partial charge in [0.25, 0.3) is 0 Å². The quantitative estimate of drug-likeness (QED) is 0.551. The van der Waals surface area contributed by atoms with Crippen LogP contribution in [0.3, 0.4) is 0 Å². The number of hydrogen-bond acceptors (Lipinski definition) is 5. The Labute approximate surface area is 69.9 Å². The van der Waals surface area contributed by atoms with E-state index in [9.17, 15) is 0 Å². The van der Waals surface area contributed by atoms with Gasteiger partial charge in [0.15, 0.2) is 0 Å². The van der Waals surface area contributed by atoms with Crippen LogP contribution in [-0.2, 0) is 0 Å². The van der Waals surface area contributed by atoms with Crippen molar-refractivity contribution in [1.82, 2.24) is 0 Å². The summed E-state index contributed by atoms with van der Waals surface area (Å²) in [6.45, 7) is 0. The van der Waals surface area contributed by atoms with E-state index >= 15 is 0 Å². The molecule has 0 N–H and O–H groups in total. The van der Waals surface area contributed by atoms with Crippen LogP contribution >= 0.6 is 54.9 Å². The van der Waals surface area contributed by atoms with Crippen molar-refractivity contribution in [3.05, 3.63) is 0 Å². The van der Waals surface area contributed by atoms with Gasteiger partial charge in [-0.2, -0.15) is 0 Å². The summed E-state index contributed by atoms with van der Waals surface area (Å²) in [4.78, 5) is 0. The van der Waals surface area contributed by atoms with Crippen molar-refractivity contribution in [2.24, 2.45) is 0 Å². The first-order valence-electron chi connectivity index (χ1n) is 2.07. The Morgan fingerprint density at radius 1 is 0.625 bits per heavy atom. The molecule has 1 aliphatic rings. The third-order valence-electron chi connectivity index (χ3n) is 0.526. The Hall–Kier alpha value is 1.75. The molecule has 0 unspecified atom stereocenters. The molecule has 0 amide bonds. The van der Waals surface area contributed by atoms with Gasteiger partial charge < -0.3 is 0 Å². The SMILES string of the molecule is C1SCSSCSS1. The Bertz CT molecular complexity index is 31.6. The van der Waals surface area contributed by atoms with E-state index in [0.29, 0.717) is 0 Å². The monoisotopic (exact) mass is 202 g/mol. The summed E-state index contributed by atoms with van der Waals surface area (Å²) in [6.07, 6.45) is 0. The normalized spacial score (nSPS) is 24.0. The molecule has 0 spiro atoms. The van der Waals surface area contributed by atoms with E-state index in [2.05, 4.69) is 0 Å². The third kappa shape index (κ3) is 3.71. The highest BCUT2D eigenvalue weighted by atomic mass is 33.1. The van der Waals surface area contributed by atoms with Crippen LogP contribution in [0.15, 0.2) is 0 Å². The Balaban J connectivity index is 2.00.